The maximum atomic E-state index is 5.61. The van der Waals surface area contributed by atoms with Crippen LogP contribution >= 0.6 is 23.2 Å². The van der Waals surface area contributed by atoms with Crippen LogP contribution in [0.1, 0.15) is 6.92 Å². The van der Waals surface area contributed by atoms with Gasteiger partial charge < -0.3 is 4.74 Å². The molecule has 0 saturated carbocycles. The van der Waals surface area contributed by atoms with Crippen LogP contribution in [0.4, 0.5) is 0 Å². The summed E-state index contributed by atoms with van der Waals surface area (Å²) >= 11 is 11.1. The van der Waals surface area contributed by atoms with Gasteiger partial charge in [-0.3, -0.25) is 4.99 Å². The Balaban J connectivity index is 3.92. The zero-order valence-electron chi connectivity index (χ0n) is 6.76. The third kappa shape index (κ3) is 6.34. The van der Waals surface area contributed by atoms with Crippen LogP contribution in [-0.4, -0.2) is 25.2 Å². The molecule has 0 amide bonds. The summed E-state index contributed by atoms with van der Waals surface area (Å²) in [7, 11) is 0. The minimum absolute atomic E-state index is 0.209. The van der Waals surface area contributed by atoms with E-state index in [0.29, 0.717) is 6.61 Å². The van der Waals surface area contributed by atoms with Gasteiger partial charge in [0.25, 0.3) is 0 Å². The lowest BCUT2D eigenvalue weighted by Gasteiger charge is -1.93. The Labute approximate surface area is 81.8 Å². The van der Waals surface area contributed by atoms with Crippen molar-refractivity contribution >= 4 is 35.1 Å². The highest BCUT2D eigenvalue weighted by molar-refractivity contribution is 6.69. The summed E-state index contributed by atoms with van der Waals surface area (Å²) in [4.78, 5) is 7.24. The van der Waals surface area contributed by atoms with Gasteiger partial charge in [0, 0.05) is 12.7 Å². The van der Waals surface area contributed by atoms with E-state index in [1.807, 2.05) is 6.92 Å². The van der Waals surface area contributed by atoms with Crippen molar-refractivity contribution in [2.45, 2.75) is 6.92 Å². The van der Waals surface area contributed by atoms with Gasteiger partial charge in [-0.05, 0) is 13.6 Å². The lowest BCUT2D eigenvalue weighted by atomic mass is 10.6. The van der Waals surface area contributed by atoms with E-state index in [0.717, 1.165) is 0 Å². The van der Waals surface area contributed by atoms with Crippen LogP contribution in [0.15, 0.2) is 21.2 Å². The molecule has 0 saturated heterocycles. The van der Waals surface area contributed by atoms with Gasteiger partial charge >= 0.3 is 0 Å². The average Bonchev–Trinajstić information content (AvgIpc) is 2.05. The fourth-order valence-electron chi connectivity index (χ4n) is 0.388. The molecule has 0 bridgehead atoms. The molecule has 0 aliphatic heterocycles. The van der Waals surface area contributed by atoms with E-state index in [9.17, 15) is 0 Å². The molecule has 0 radical (unpaired) electrons. The first-order valence-electron chi connectivity index (χ1n) is 3.32. The van der Waals surface area contributed by atoms with Crippen molar-refractivity contribution in [3.05, 3.63) is 11.2 Å². The van der Waals surface area contributed by atoms with Crippen LogP contribution in [0.5, 0.6) is 0 Å². The lowest BCUT2D eigenvalue weighted by Crippen LogP contribution is -1.92. The average molecular weight is 209 g/mol. The van der Waals surface area contributed by atoms with Gasteiger partial charge in [-0.15, -0.1) is 0 Å². The Kier molecular flexibility index (Phi) is 7.05. The zero-order valence-corrected chi connectivity index (χ0v) is 8.27. The number of hydrogen-bond acceptors (Lipinski definition) is 3. The molecule has 0 aliphatic rings. The number of ether oxygens (including phenoxy) is 1. The number of rotatable bonds is 5. The molecule has 0 atom stereocenters. The second kappa shape index (κ2) is 7.28. The van der Waals surface area contributed by atoms with Crippen molar-refractivity contribution in [3.8, 4) is 0 Å². The second-order valence-corrected chi connectivity index (χ2v) is 2.50. The quantitative estimate of drug-likeness (QED) is 0.389. The number of hydrogen-bond donors (Lipinski definition) is 0. The molecule has 0 aromatic carbocycles. The van der Waals surface area contributed by atoms with Gasteiger partial charge in [0.05, 0.1) is 0 Å². The maximum Gasteiger partial charge on any atom is 0.139 e. The van der Waals surface area contributed by atoms with Gasteiger partial charge in [-0.2, -0.15) is 0 Å². The highest BCUT2D eigenvalue weighted by Gasteiger charge is 1.90. The molecule has 0 spiro atoms. The Morgan fingerprint density at radius 3 is 2.75 bits per heavy atom. The molecule has 0 rings (SSSR count). The van der Waals surface area contributed by atoms with Crippen LogP contribution in [0, 0.1) is 0 Å². The van der Waals surface area contributed by atoms with E-state index in [4.69, 9.17) is 27.9 Å². The van der Waals surface area contributed by atoms with E-state index < -0.39 is 0 Å². The van der Waals surface area contributed by atoms with Crippen molar-refractivity contribution < 1.29 is 4.74 Å². The fourth-order valence-corrected chi connectivity index (χ4v) is 0.700. The highest BCUT2D eigenvalue weighted by Crippen LogP contribution is 2.03. The van der Waals surface area contributed by atoms with Gasteiger partial charge in [0.2, 0.25) is 0 Å². The molecule has 0 aromatic rings. The van der Waals surface area contributed by atoms with E-state index in [2.05, 4.69) is 16.7 Å². The van der Waals surface area contributed by atoms with Gasteiger partial charge in [-0.25, -0.2) is 4.99 Å². The number of allylic oxidation sites excluding steroid dienone is 1. The lowest BCUT2D eigenvalue weighted by molar-refractivity contribution is 0.156. The van der Waals surface area contributed by atoms with Crippen molar-refractivity contribution in [1.82, 2.24) is 0 Å². The summed E-state index contributed by atoms with van der Waals surface area (Å²) in [5.41, 5.74) is 0. The van der Waals surface area contributed by atoms with Gasteiger partial charge in [0.15, 0.2) is 0 Å². The number of aliphatic imine (C=N–C) groups is 2. The normalized spacial score (nSPS) is 13.2. The largest absolute Gasteiger partial charge is 0.360 e. The van der Waals surface area contributed by atoms with Crippen LogP contribution in [0.3, 0.4) is 0 Å². The first kappa shape index (κ1) is 11.6. The molecule has 0 heterocycles. The second-order valence-electron chi connectivity index (χ2n) is 1.73. The summed E-state index contributed by atoms with van der Waals surface area (Å²) in [6.07, 6.45) is 1.40. The highest BCUT2D eigenvalue weighted by atomic mass is 35.5. The third-order valence-corrected chi connectivity index (χ3v) is 1.36. The summed E-state index contributed by atoms with van der Waals surface area (Å²) in [6.45, 7) is 5.92. The summed E-state index contributed by atoms with van der Waals surface area (Å²) in [6, 6.07) is 0. The van der Waals surface area contributed by atoms with Crippen molar-refractivity contribution in [1.29, 1.82) is 0 Å². The smallest absolute Gasteiger partial charge is 0.139 e. The Bertz CT molecular complexity index is 202. The van der Waals surface area contributed by atoms with E-state index in [1.54, 1.807) is 0 Å². The van der Waals surface area contributed by atoms with Crippen molar-refractivity contribution in [2.75, 3.05) is 13.3 Å². The number of nitrogens with zero attached hydrogens (tertiary/aromatic N) is 2. The first-order valence-corrected chi connectivity index (χ1v) is 4.08. The SMILES string of the molecule is C=N/C(Cl)=C\C(Cl)=NCOCC. The van der Waals surface area contributed by atoms with E-state index in [-0.39, 0.29) is 17.1 Å². The molecule has 0 N–H and O–H groups in total. The van der Waals surface area contributed by atoms with Crippen LogP contribution in [-0.2, 0) is 4.74 Å². The summed E-state index contributed by atoms with van der Waals surface area (Å²) in [5, 5.41) is 0.459. The first-order chi connectivity index (χ1) is 5.70. The van der Waals surface area contributed by atoms with Crippen LogP contribution in [0.2, 0.25) is 0 Å². The molecule has 0 fully saturated rings. The predicted octanol–water partition coefficient (Wildman–Crippen LogP) is 2.40. The summed E-state index contributed by atoms with van der Waals surface area (Å²) in [5.74, 6) is 0. The fraction of sp³-hybridized carbons (Fsp3) is 0.429. The topological polar surface area (TPSA) is 34.0 Å². The Morgan fingerprint density at radius 1 is 1.58 bits per heavy atom. The van der Waals surface area contributed by atoms with Gasteiger partial charge in [-0.1, -0.05) is 23.2 Å². The molecule has 68 valence electrons. The molecule has 12 heavy (non-hydrogen) atoms. The molecule has 0 aromatic heterocycles. The molecular formula is C7H10Cl2N2O. The monoisotopic (exact) mass is 208 g/mol. The Hall–Kier alpha value is -0.380. The molecule has 5 heteroatoms. The van der Waals surface area contributed by atoms with Crippen LogP contribution in [0.25, 0.3) is 0 Å². The molecule has 0 aliphatic carbocycles. The molecular weight excluding hydrogens is 199 g/mol. The zero-order chi connectivity index (χ0) is 9.40. The Morgan fingerprint density at radius 2 is 2.25 bits per heavy atom. The molecule has 0 unspecified atom stereocenters. The minimum Gasteiger partial charge on any atom is -0.360 e. The standard InChI is InChI=1S/C7H10Cl2N2O/c1-3-12-5-11-7(9)4-6(8)10-2/h4H,2-3,5H2,1H3/b6-4-,11-7?. The van der Waals surface area contributed by atoms with E-state index in [1.165, 1.54) is 6.08 Å². The van der Waals surface area contributed by atoms with Crippen molar-refractivity contribution in [2.24, 2.45) is 9.98 Å². The third-order valence-electron chi connectivity index (χ3n) is 0.900. The van der Waals surface area contributed by atoms with E-state index >= 15 is 0 Å². The number of halogens is 2. The minimum atomic E-state index is 0.209. The summed E-state index contributed by atoms with van der Waals surface area (Å²) < 4.78 is 4.93. The van der Waals surface area contributed by atoms with Gasteiger partial charge in [0.1, 0.15) is 17.1 Å². The maximum absolute atomic E-state index is 5.61. The predicted molar refractivity (Wildman–Crippen MR) is 53.3 cm³/mol. The molecule has 3 nitrogen and oxygen atoms in total. The van der Waals surface area contributed by atoms with Crippen molar-refractivity contribution in [3.63, 3.8) is 0 Å². The van der Waals surface area contributed by atoms with Crippen LogP contribution < -0.4 is 0 Å².